The second-order valence-corrected chi connectivity index (χ2v) is 6.92. The summed E-state index contributed by atoms with van der Waals surface area (Å²) in [4.78, 5) is 11.8. The van der Waals surface area contributed by atoms with Crippen molar-refractivity contribution >= 4 is 5.97 Å². The van der Waals surface area contributed by atoms with Gasteiger partial charge in [0.15, 0.2) is 0 Å². The minimum Gasteiger partial charge on any atom is -0.481 e. The van der Waals surface area contributed by atoms with Gasteiger partial charge in [-0.15, -0.1) is 0 Å². The zero-order valence-electron chi connectivity index (χ0n) is 11.4. The van der Waals surface area contributed by atoms with Gasteiger partial charge in [-0.2, -0.15) is 0 Å². The Morgan fingerprint density at radius 3 is 2.06 bits per heavy atom. The molecule has 2 heteroatoms. The third kappa shape index (κ3) is 2.36. The van der Waals surface area contributed by atoms with Crippen molar-refractivity contribution in [2.45, 2.75) is 59.3 Å². The molecule has 0 saturated heterocycles. The Balaban J connectivity index is 2.19. The van der Waals surface area contributed by atoms with Crippen LogP contribution in [0.4, 0.5) is 0 Å². The van der Waals surface area contributed by atoms with Gasteiger partial charge in [-0.25, -0.2) is 0 Å². The molecule has 0 spiro atoms. The fraction of sp³-hybridized carbons (Fsp3) is 0.933. The molecule has 0 heterocycles. The van der Waals surface area contributed by atoms with Gasteiger partial charge in [-0.1, -0.05) is 20.8 Å². The van der Waals surface area contributed by atoms with Crippen LogP contribution in [0.5, 0.6) is 0 Å². The summed E-state index contributed by atoms with van der Waals surface area (Å²) in [5, 5.41) is 9.71. The average Bonchev–Trinajstić information content (AvgIpc) is 2.60. The Labute approximate surface area is 105 Å². The van der Waals surface area contributed by atoms with E-state index < -0.39 is 5.97 Å². The van der Waals surface area contributed by atoms with E-state index in [4.69, 9.17) is 0 Å². The van der Waals surface area contributed by atoms with Crippen molar-refractivity contribution in [3.05, 3.63) is 0 Å². The lowest BCUT2D eigenvalue weighted by Gasteiger charge is -2.41. The number of rotatable bonds is 2. The second kappa shape index (κ2) is 4.62. The molecule has 2 saturated carbocycles. The van der Waals surface area contributed by atoms with Gasteiger partial charge in [-0.3, -0.25) is 4.79 Å². The maximum Gasteiger partial charge on any atom is 0.309 e. The van der Waals surface area contributed by atoms with Crippen molar-refractivity contribution in [1.82, 2.24) is 0 Å². The van der Waals surface area contributed by atoms with Crippen molar-refractivity contribution in [3.8, 4) is 0 Å². The van der Waals surface area contributed by atoms with E-state index in [1.165, 1.54) is 6.42 Å². The number of hydrogen-bond donors (Lipinski definition) is 1. The minimum absolute atomic E-state index is 0.387. The number of carboxylic acids is 1. The predicted molar refractivity (Wildman–Crippen MR) is 68.8 cm³/mol. The summed E-state index contributed by atoms with van der Waals surface area (Å²) in [7, 11) is 0. The fourth-order valence-electron chi connectivity index (χ4n) is 4.47. The van der Waals surface area contributed by atoms with Crippen LogP contribution in [0, 0.1) is 29.1 Å². The lowest BCUT2D eigenvalue weighted by Crippen LogP contribution is -2.40. The number of aliphatic carboxylic acids is 1. The van der Waals surface area contributed by atoms with Crippen molar-refractivity contribution < 1.29 is 9.90 Å². The molecule has 17 heavy (non-hydrogen) atoms. The molecule has 0 aromatic rings. The van der Waals surface area contributed by atoms with Gasteiger partial charge in [-0.05, 0) is 62.2 Å². The lowest BCUT2D eigenvalue weighted by atomic mass is 9.63. The Morgan fingerprint density at radius 1 is 1.06 bits per heavy atom. The molecular formula is C15H26O2. The van der Waals surface area contributed by atoms with E-state index in [0.29, 0.717) is 23.7 Å². The molecule has 2 fully saturated rings. The Hall–Kier alpha value is -0.530. The summed E-state index contributed by atoms with van der Waals surface area (Å²) >= 11 is 0. The maximum absolute atomic E-state index is 11.8. The molecule has 0 aromatic heterocycles. The van der Waals surface area contributed by atoms with Crippen LogP contribution in [0.25, 0.3) is 0 Å². The standard InChI is InChI=1S/C15H26O2/c1-10-4-5-15(9-10,14(16)17)13-7-11(2)6-12(3)8-13/h10-13H,4-9H2,1-3H3,(H,16,17). The normalized spacial score (nSPS) is 47.0. The van der Waals surface area contributed by atoms with Gasteiger partial charge >= 0.3 is 5.97 Å². The van der Waals surface area contributed by atoms with Gasteiger partial charge in [0.25, 0.3) is 0 Å². The Bertz CT molecular complexity index is 289. The maximum atomic E-state index is 11.8. The monoisotopic (exact) mass is 238 g/mol. The van der Waals surface area contributed by atoms with Crippen LogP contribution in [0.2, 0.25) is 0 Å². The highest BCUT2D eigenvalue weighted by Crippen LogP contribution is 2.53. The first-order valence-electron chi connectivity index (χ1n) is 7.17. The topological polar surface area (TPSA) is 37.3 Å². The second-order valence-electron chi connectivity index (χ2n) is 6.92. The molecule has 2 nitrogen and oxygen atoms in total. The van der Waals surface area contributed by atoms with Crippen molar-refractivity contribution in [3.63, 3.8) is 0 Å². The minimum atomic E-state index is -0.520. The van der Waals surface area contributed by atoms with E-state index >= 15 is 0 Å². The smallest absolute Gasteiger partial charge is 0.309 e. The third-order valence-corrected chi connectivity index (χ3v) is 5.18. The molecule has 2 aliphatic rings. The molecule has 0 aliphatic heterocycles. The zero-order valence-corrected chi connectivity index (χ0v) is 11.4. The highest BCUT2D eigenvalue weighted by molar-refractivity contribution is 5.75. The quantitative estimate of drug-likeness (QED) is 0.791. The first kappa shape index (κ1) is 12.9. The fourth-order valence-corrected chi connectivity index (χ4v) is 4.47. The number of hydrogen-bond acceptors (Lipinski definition) is 1. The average molecular weight is 238 g/mol. The highest BCUT2D eigenvalue weighted by atomic mass is 16.4. The van der Waals surface area contributed by atoms with Gasteiger partial charge < -0.3 is 5.11 Å². The molecule has 0 bridgehead atoms. The van der Waals surface area contributed by atoms with E-state index in [0.717, 1.165) is 32.1 Å². The lowest BCUT2D eigenvalue weighted by molar-refractivity contribution is -0.154. The van der Waals surface area contributed by atoms with Crippen LogP contribution in [0.1, 0.15) is 59.3 Å². The molecule has 0 radical (unpaired) electrons. The summed E-state index contributed by atoms with van der Waals surface area (Å²) in [6.45, 7) is 6.79. The van der Waals surface area contributed by atoms with E-state index in [1.54, 1.807) is 0 Å². The Kier molecular flexibility index (Phi) is 3.51. The van der Waals surface area contributed by atoms with Gasteiger partial charge in [0.05, 0.1) is 5.41 Å². The van der Waals surface area contributed by atoms with Crippen molar-refractivity contribution in [2.24, 2.45) is 29.1 Å². The van der Waals surface area contributed by atoms with E-state index in [-0.39, 0.29) is 5.41 Å². The first-order valence-corrected chi connectivity index (χ1v) is 7.17. The van der Waals surface area contributed by atoms with Crippen LogP contribution >= 0.6 is 0 Å². The van der Waals surface area contributed by atoms with Crippen LogP contribution in [-0.2, 0) is 4.79 Å². The number of carboxylic acid groups (broad SMARTS) is 1. The van der Waals surface area contributed by atoms with Crippen LogP contribution in [-0.4, -0.2) is 11.1 Å². The molecule has 0 amide bonds. The van der Waals surface area contributed by atoms with E-state index in [1.807, 2.05) is 0 Å². The van der Waals surface area contributed by atoms with Crippen LogP contribution in [0.3, 0.4) is 0 Å². The van der Waals surface area contributed by atoms with E-state index in [2.05, 4.69) is 20.8 Å². The SMILES string of the molecule is CC1CC(C)CC(C2(C(=O)O)CCC(C)C2)C1. The van der Waals surface area contributed by atoms with Gasteiger partial charge in [0, 0.05) is 0 Å². The summed E-state index contributed by atoms with van der Waals surface area (Å²) in [5.74, 6) is 1.90. The van der Waals surface area contributed by atoms with Crippen molar-refractivity contribution in [2.75, 3.05) is 0 Å². The van der Waals surface area contributed by atoms with Crippen LogP contribution < -0.4 is 0 Å². The molecule has 0 aromatic carbocycles. The molecular weight excluding hydrogens is 212 g/mol. The third-order valence-electron chi connectivity index (χ3n) is 5.18. The molecule has 2 aliphatic carbocycles. The number of carbonyl (C=O) groups is 1. The largest absolute Gasteiger partial charge is 0.481 e. The first-order chi connectivity index (χ1) is 7.94. The summed E-state index contributed by atoms with van der Waals surface area (Å²) in [5.41, 5.74) is -0.387. The molecule has 98 valence electrons. The van der Waals surface area contributed by atoms with Gasteiger partial charge in [0.2, 0.25) is 0 Å². The molecule has 4 atom stereocenters. The molecule has 1 N–H and O–H groups in total. The molecule has 4 unspecified atom stereocenters. The summed E-state index contributed by atoms with van der Waals surface area (Å²) < 4.78 is 0. The van der Waals surface area contributed by atoms with Crippen molar-refractivity contribution in [1.29, 1.82) is 0 Å². The highest BCUT2D eigenvalue weighted by Gasteiger charge is 2.51. The van der Waals surface area contributed by atoms with Gasteiger partial charge in [0.1, 0.15) is 0 Å². The Morgan fingerprint density at radius 2 is 1.65 bits per heavy atom. The predicted octanol–water partition coefficient (Wildman–Crippen LogP) is 3.95. The summed E-state index contributed by atoms with van der Waals surface area (Å²) in [6, 6.07) is 0. The zero-order chi connectivity index (χ0) is 12.6. The van der Waals surface area contributed by atoms with Crippen LogP contribution in [0.15, 0.2) is 0 Å². The summed E-state index contributed by atoms with van der Waals surface area (Å²) in [6.07, 6.45) is 6.46. The van der Waals surface area contributed by atoms with E-state index in [9.17, 15) is 9.90 Å². The molecule has 2 rings (SSSR count).